The molecule has 1 aromatic heterocycles. The van der Waals surface area contributed by atoms with E-state index in [1.54, 1.807) is 0 Å². The Balaban J connectivity index is 2.96. The monoisotopic (exact) mass is 242 g/mol. The summed E-state index contributed by atoms with van der Waals surface area (Å²) in [5, 5.41) is 3.40. The van der Waals surface area contributed by atoms with E-state index in [4.69, 9.17) is 0 Å². The molecule has 0 aliphatic rings. The van der Waals surface area contributed by atoms with E-state index >= 15 is 0 Å². The van der Waals surface area contributed by atoms with E-state index in [0.717, 1.165) is 15.9 Å². The molecule has 0 atom stereocenters. The summed E-state index contributed by atoms with van der Waals surface area (Å²) in [6.07, 6.45) is 1.81. The highest BCUT2D eigenvalue weighted by atomic mass is 79.9. The van der Waals surface area contributed by atoms with E-state index in [2.05, 4.69) is 47.0 Å². The van der Waals surface area contributed by atoms with Crippen LogP contribution in [0.5, 0.6) is 0 Å². The zero-order chi connectivity index (χ0) is 10.1. The van der Waals surface area contributed by atoms with Gasteiger partial charge in [0.15, 0.2) is 0 Å². The first-order valence-corrected chi connectivity index (χ1v) is 5.09. The molecule has 0 saturated heterocycles. The highest BCUT2D eigenvalue weighted by Crippen LogP contribution is 2.26. The Kier molecular flexibility index (Phi) is 2.96. The topological polar surface area (TPSA) is 24.9 Å². The molecule has 3 heteroatoms. The molecule has 0 spiro atoms. The van der Waals surface area contributed by atoms with Crippen LogP contribution in [0.15, 0.2) is 16.7 Å². The number of rotatable bonds is 1. The van der Waals surface area contributed by atoms with Gasteiger partial charge in [0.25, 0.3) is 0 Å². The number of hydrogen-bond donors (Lipinski definition) is 1. The third kappa shape index (κ3) is 2.99. The molecule has 0 bridgehead atoms. The Bertz CT molecular complexity index is 302. The fourth-order valence-corrected chi connectivity index (χ4v) is 1.38. The maximum Gasteiger partial charge on any atom is 0.0619 e. The van der Waals surface area contributed by atoms with Crippen molar-refractivity contribution in [2.24, 2.45) is 0 Å². The number of aromatic nitrogens is 1. The smallest absolute Gasteiger partial charge is 0.0619 e. The highest BCUT2D eigenvalue weighted by Gasteiger charge is 2.12. The van der Waals surface area contributed by atoms with Gasteiger partial charge in [-0.2, -0.15) is 0 Å². The normalized spacial score (nSPS) is 11.5. The van der Waals surface area contributed by atoms with E-state index < -0.39 is 0 Å². The van der Waals surface area contributed by atoms with Crippen LogP contribution in [0.1, 0.15) is 26.5 Å². The predicted octanol–water partition coefficient (Wildman–Crippen LogP) is 3.36. The minimum absolute atomic E-state index is 0.0797. The van der Waals surface area contributed by atoms with Crippen LogP contribution in [0.25, 0.3) is 0 Å². The number of halogens is 1. The van der Waals surface area contributed by atoms with Crippen molar-refractivity contribution in [2.75, 3.05) is 5.32 Å². The molecule has 1 N–H and O–H groups in total. The maximum absolute atomic E-state index is 4.18. The summed E-state index contributed by atoms with van der Waals surface area (Å²) in [7, 11) is 0. The highest BCUT2D eigenvalue weighted by molar-refractivity contribution is 9.10. The minimum Gasteiger partial charge on any atom is -0.379 e. The van der Waals surface area contributed by atoms with Crippen LogP contribution >= 0.6 is 15.9 Å². The van der Waals surface area contributed by atoms with Gasteiger partial charge in [-0.05, 0) is 49.7 Å². The zero-order valence-corrected chi connectivity index (χ0v) is 10.1. The Morgan fingerprint density at radius 3 is 2.54 bits per heavy atom. The van der Waals surface area contributed by atoms with Crippen LogP contribution < -0.4 is 5.32 Å². The molecule has 1 rings (SSSR count). The lowest BCUT2D eigenvalue weighted by Crippen LogP contribution is -2.26. The molecule has 2 nitrogen and oxygen atoms in total. The molecular weight excluding hydrogens is 228 g/mol. The lowest BCUT2D eigenvalue weighted by atomic mass is 10.1. The Hall–Kier alpha value is -0.570. The predicted molar refractivity (Wildman–Crippen MR) is 60.0 cm³/mol. The second-order valence-electron chi connectivity index (χ2n) is 4.13. The van der Waals surface area contributed by atoms with Crippen molar-refractivity contribution in [3.05, 3.63) is 22.4 Å². The molecule has 0 aromatic carbocycles. The zero-order valence-electron chi connectivity index (χ0n) is 8.48. The van der Waals surface area contributed by atoms with Gasteiger partial charge in [-0.15, -0.1) is 0 Å². The van der Waals surface area contributed by atoms with E-state index in [1.165, 1.54) is 0 Å². The third-order valence-electron chi connectivity index (χ3n) is 1.57. The van der Waals surface area contributed by atoms with Gasteiger partial charge in [0, 0.05) is 11.7 Å². The molecule has 72 valence electrons. The van der Waals surface area contributed by atoms with Crippen molar-refractivity contribution in [1.29, 1.82) is 0 Å². The minimum atomic E-state index is 0.0797. The lowest BCUT2D eigenvalue weighted by Gasteiger charge is -2.23. The van der Waals surface area contributed by atoms with Crippen molar-refractivity contribution in [1.82, 2.24) is 4.98 Å². The molecule has 0 saturated carbocycles. The van der Waals surface area contributed by atoms with Crippen LogP contribution in [0.2, 0.25) is 0 Å². The quantitative estimate of drug-likeness (QED) is 0.817. The average Bonchev–Trinajstić information content (AvgIpc) is 1.96. The van der Waals surface area contributed by atoms with Gasteiger partial charge in [0.05, 0.1) is 15.9 Å². The Morgan fingerprint density at radius 1 is 1.38 bits per heavy atom. The van der Waals surface area contributed by atoms with E-state index in [1.807, 2.05) is 19.2 Å². The van der Waals surface area contributed by atoms with Crippen molar-refractivity contribution < 1.29 is 0 Å². The standard InChI is InChI=1S/C10H15BrN2/c1-7-9(11)8(5-6-12-7)13-10(2,3)4/h5-6H,1-4H3,(H,12,13). The summed E-state index contributed by atoms with van der Waals surface area (Å²) in [6, 6.07) is 1.97. The van der Waals surface area contributed by atoms with Crippen molar-refractivity contribution >= 4 is 21.6 Å². The molecule has 0 amide bonds. The fourth-order valence-electron chi connectivity index (χ4n) is 1.05. The summed E-state index contributed by atoms with van der Waals surface area (Å²) in [4.78, 5) is 4.18. The van der Waals surface area contributed by atoms with Gasteiger partial charge in [-0.3, -0.25) is 4.98 Å². The van der Waals surface area contributed by atoms with Gasteiger partial charge < -0.3 is 5.32 Å². The van der Waals surface area contributed by atoms with Gasteiger partial charge in [-0.25, -0.2) is 0 Å². The first-order valence-electron chi connectivity index (χ1n) is 4.29. The van der Waals surface area contributed by atoms with Crippen LogP contribution in [-0.2, 0) is 0 Å². The molecule has 1 heterocycles. The number of hydrogen-bond acceptors (Lipinski definition) is 2. The lowest BCUT2D eigenvalue weighted by molar-refractivity contribution is 0.633. The third-order valence-corrected chi connectivity index (χ3v) is 2.57. The largest absolute Gasteiger partial charge is 0.379 e. The molecule has 0 aliphatic carbocycles. The van der Waals surface area contributed by atoms with Gasteiger partial charge in [0.1, 0.15) is 0 Å². The van der Waals surface area contributed by atoms with Crippen LogP contribution in [0.3, 0.4) is 0 Å². The molecule has 0 unspecified atom stereocenters. The number of pyridine rings is 1. The Morgan fingerprint density at radius 2 is 2.00 bits per heavy atom. The summed E-state index contributed by atoms with van der Waals surface area (Å²) in [5.41, 5.74) is 2.19. The van der Waals surface area contributed by atoms with E-state index in [-0.39, 0.29) is 5.54 Å². The molecule has 1 aromatic rings. The fraction of sp³-hybridized carbons (Fsp3) is 0.500. The van der Waals surface area contributed by atoms with Gasteiger partial charge in [-0.1, -0.05) is 0 Å². The van der Waals surface area contributed by atoms with E-state index in [9.17, 15) is 0 Å². The number of aryl methyl sites for hydroxylation is 1. The average molecular weight is 243 g/mol. The molecule has 0 radical (unpaired) electrons. The van der Waals surface area contributed by atoms with Crippen LogP contribution in [0, 0.1) is 6.92 Å². The van der Waals surface area contributed by atoms with Crippen LogP contribution in [-0.4, -0.2) is 10.5 Å². The first-order chi connectivity index (χ1) is 5.90. The van der Waals surface area contributed by atoms with Crippen molar-refractivity contribution in [3.63, 3.8) is 0 Å². The molecular formula is C10H15BrN2. The summed E-state index contributed by atoms with van der Waals surface area (Å²) >= 11 is 3.51. The molecule has 0 aliphatic heterocycles. The second-order valence-corrected chi connectivity index (χ2v) is 4.93. The number of nitrogens with one attached hydrogen (secondary N) is 1. The number of anilines is 1. The summed E-state index contributed by atoms with van der Waals surface area (Å²) in [5.74, 6) is 0. The van der Waals surface area contributed by atoms with Gasteiger partial charge >= 0.3 is 0 Å². The summed E-state index contributed by atoms with van der Waals surface area (Å²) in [6.45, 7) is 8.39. The second kappa shape index (κ2) is 3.66. The molecule has 13 heavy (non-hydrogen) atoms. The van der Waals surface area contributed by atoms with Crippen molar-refractivity contribution in [2.45, 2.75) is 33.2 Å². The first kappa shape index (κ1) is 10.5. The summed E-state index contributed by atoms with van der Waals surface area (Å²) < 4.78 is 1.05. The van der Waals surface area contributed by atoms with Gasteiger partial charge in [0.2, 0.25) is 0 Å². The van der Waals surface area contributed by atoms with Crippen LogP contribution in [0.4, 0.5) is 5.69 Å². The SMILES string of the molecule is Cc1nccc(NC(C)(C)C)c1Br. The Labute approximate surface area is 87.9 Å². The van der Waals surface area contributed by atoms with Crippen molar-refractivity contribution in [3.8, 4) is 0 Å². The maximum atomic E-state index is 4.18. The number of nitrogens with zero attached hydrogens (tertiary/aromatic N) is 1. The van der Waals surface area contributed by atoms with E-state index in [0.29, 0.717) is 0 Å². The molecule has 0 fully saturated rings.